The van der Waals surface area contributed by atoms with Crippen molar-refractivity contribution in [3.63, 3.8) is 0 Å². The van der Waals surface area contributed by atoms with Crippen LogP contribution in [0.4, 0.5) is 9.18 Å². The lowest BCUT2D eigenvalue weighted by Crippen LogP contribution is -2.48. The van der Waals surface area contributed by atoms with Crippen LogP contribution in [0, 0.1) is 5.82 Å². The molecule has 7 heteroatoms. The Bertz CT molecular complexity index is 706. The molecule has 0 aromatic heterocycles. The molecule has 5 nitrogen and oxygen atoms in total. The zero-order valence-corrected chi connectivity index (χ0v) is 15.5. The van der Waals surface area contributed by atoms with E-state index < -0.39 is 11.1 Å². The van der Waals surface area contributed by atoms with E-state index in [1.807, 2.05) is 27.7 Å². The Labute approximate surface area is 150 Å². The van der Waals surface area contributed by atoms with Crippen molar-refractivity contribution in [2.24, 2.45) is 0 Å². The molecule has 3 amide bonds. The molecular weight excluding hydrogens is 343 g/mol. The quantitative estimate of drug-likeness (QED) is 0.750. The second kappa shape index (κ2) is 7.82. The van der Waals surface area contributed by atoms with Gasteiger partial charge in [0.15, 0.2) is 0 Å². The summed E-state index contributed by atoms with van der Waals surface area (Å²) in [5, 5.41) is -0.473. The summed E-state index contributed by atoms with van der Waals surface area (Å²) in [5.74, 6) is -1.14. The van der Waals surface area contributed by atoms with E-state index in [-0.39, 0.29) is 35.3 Å². The number of hydrogen-bond donors (Lipinski definition) is 0. The van der Waals surface area contributed by atoms with Crippen LogP contribution >= 0.6 is 11.8 Å². The predicted octanol–water partition coefficient (Wildman–Crippen LogP) is 3.51. The average molecular weight is 364 g/mol. The van der Waals surface area contributed by atoms with E-state index >= 15 is 0 Å². The lowest BCUT2D eigenvalue weighted by atomic mass is 10.2. The lowest BCUT2D eigenvalue weighted by molar-refractivity contribution is -0.138. The molecule has 0 aliphatic carbocycles. The highest BCUT2D eigenvalue weighted by atomic mass is 32.2. The van der Waals surface area contributed by atoms with Crippen LogP contribution in [0.1, 0.15) is 33.3 Å². The highest BCUT2D eigenvalue weighted by molar-refractivity contribution is 8.18. The van der Waals surface area contributed by atoms with E-state index in [0.717, 1.165) is 16.7 Å². The van der Waals surface area contributed by atoms with Gasteiger partial charge in [0.25, 0.3) is 11.1 Å². The van der Waals surface area contributed by atoms with Crippen molar-refractivity contribution < 1.29 is 18.8 Å². The number of nitrogens with zero attached hydrogens (tertiary/aromatic N) is 2. The summed E-state index contributed by atoms with van der Waals surface area (Å²) in [4.78, 5) is 39.9. The summed E-state index contributed by atoms with van der Waals surface area (Å²) in [7, 11) is 0. The summed E-state index contributed by atoms with van der Waals surface area (Å²) >= 11 is 0.785. The summed E-state index contributed by atoms with van der Waals surface area (Å²) in [5.41, 5.74) is 0.615. The van der Waals surface area contributed by atoms with Gasteiger partial charge in [0.1, 0.15) is 12.4 Å². The summed E-state index contributed by atoms with van der Waals surface area (Å²) in [6, 6.07) is 5.55. The van der Waals surface area contributed by atoms with Crippen molar-refractivity contribution in [3.8, 4) is 0 Å². The largest absolute Gasteiger partial charge is 0.336 e. The standard InChI is InChI=1S/C18H21FN2O3S/c1-11(2)21(12(3)4)16(22)10-20-17(23)15(25-18(20)24)9-13-5-7-14(19)8-6-13/h5-9,11-12H,10H2,1-4H3/b15-9-. The number of benzene rings is 1. The summed E-state index contributed by atoms with van der Waals surface area (Å²) in [6.45, 7) is 7.28. The third kappa shape index (κ3) is 4.48. The maximum Gasteiger partial charge on any atom is 0.294 e. The Morgan fingerprint density at radius 2 is 1.72 bits per heavy atom. The molecule has 25 heavy (non-hydrogen) atoms. The molecule has 134 valence electrons. The van der Waals surface area contributed by atoms with Gasteiger partial charge in [0, 0.05) is 12.1 Å². The smallest absolute Gasteiger partial charge is 0.294 e. The van der Waals surface area contributed by atoms with Gasteiger partial charge in [-0.1, -0.05) is 12.1 Å². The first-order chi connectivity index (χ1) is 11.7. The maximum atomic E-state index is 13.0. The van der Waals surface area contributed by atoms with Gasteiger partial charge in [-0.05, 0) is 63.2 Å². The lowest BCUT2D eigenvalue weighted by Gasteiger charge is -2.31. The Morgan fingerprint density at radius 3 is 2.24 bits per heavy atom. The van der Waals surface area contributed by atoms with Crippen molar-refractivity contribution in [3.05, 3.63) is 40.6 Å². The fraction of sp³-hybridized carbons (Fsp3) is 0.389. The number of halogens is 1. The Kier molecular flexibility index (Phi) is 6.00. The zero-order chi connectivity index (χ0) is 18.7. The molecule has 0 N–H and O–H groups in total. The fourth-order valence-corrected chi connectivity index (χ4v) is 3.57. The Hall–Kier alpha value is -2.15. The second-order valence-electron chi connectivity index (χ2n) is 6.31. The fourth-order valence-electron chi connectivity index (χ4n) is 2.74. The first-order valence-corrected chi connectivity index (χ1v) is 8.84. The van der Waals surface area contributed by atoms with Crippen molar-refractivity contribution in [1.82, 2.24) is 9.80 Å². The molecule has 2 rings (SSSR count). The van der Waals surface area contributed by atoms with Gasteiger partial charge in [-0.2, -0.15) is 0 Å². The number of imide groups is 1. The van der Waals surface area contributed by atoms with E-state index in [9.17, 15) is 18.8 Å². The normalized spacial score (nSPS) is 16.4. The molecule has 0 spiro atoms. The van der Waals surface area contributed by atoms with Crippen LogP contribution in [0.15, 0.2) is 29.2 Å². The number of carbonyl (C=O) groups is 3. The average Bonchev–Trinajstić information content (AvgIpc) is 2.76. The number of carbonyl (C=O) groups excluding carboxylic acids is 3. The first-order valence-electron chi connectivity index (χ1n) is 8.02. The van der Waals surface area contributed by atoms with Crippen LogP contribution in [0.3, 0.4) is 0 Å². The van der Waals surface area contributed by atoms with Gasteiger partial charge in [0.05, 0.1) is 4.91 Å². The van der Waals surface area contributed by atoms with Gasteiger partial charge in [0.2, 0.25) is 5.91 Å². The van der Waals surface area contributed by atoms with Gasteiger partial charge < -0.3 is 4.90 Å². The minimum atomic E-state index is -0.500. The van der Waals surface area contributed by atoms with E-state index in [4.69, 9.17) is 0 Å². The minimum Gasteiger partial charge on any atom is -0.336 e. The molecule has 1 aromatic rings. The minimum absolute atomic E-state index is 0.0258. The maximum absolute atomic E-state index is 13.0. The van der Waals surface area contributed by atoms with Crippen molar-refractivity contribution in [1.29, 1.82) is 0 Å². The topological polar surface area (TPSA) is 57.7 Å². The third-order valence-electron chi connectivity index (χ3n) is 3.74. The van der Waals surface area contributed by atoms with Gasteiger partial charge >= 0.3 is 0 Å². The monoisotopic (exact) mass is 364 g/mol. The third-order valence-corrected chi connectivity index (χ3v) is 4.64. The number of amides is 3. The molecule has 1 saturated heterocycles. The highest BCUT2D eigenvalue weighted by Crippen LogP contribution is 2.32. The molecule has 0 unspecified atom stereocenters. The molecule has 1 aliphatic rings. The van der Waals surface area contributed by atoms with Crippen molar-refractivity contribution in [2.75, 3.05) is 6.54 Å². The molecule has 0 radical (unpaired) electrons. The molecule has 1 heterocycles. The summed E-state index contributed by atoms with van der Waals surface area (Å²) in [6.07, 6.45) is 1.53. The van der Waals surface area contributed by atoms with Gasteiger partial charge in [-0.15, -0.1) is 0 Å². The van der Waals surface area contributed by atoms with Crippen molar-refractivity contribution >= 4 is 34.9 Å². The van der Waals surface area contributed by atoms with Gasteiger partial charge in [-0.25, -0.2) is 4.39 Å². The van der Waals surface area contributed by atoms with Crippen LogP contribution < -0.4 is 0 Å². The molecule has 1 aliphatic heterocycles. The second-order valence-corrected chi connectivity index (χ2v) is 7.30. The zero-order valence-electron chi connectivity index (χ0n) is 14.7. The van der Waals surface area contributed by atoms with E-state index in [1.165, 1.54) is 30.3 Å². The predicted molar refractivity (Wildman–Crippen MR) is 96.2 cm³/mol. The van der Waals surface area contributed by atoms with Gasteiger partial charge in [-0.3, -0.25) is 19.3 Å². The highest BCUT2D eigenvalue weighted by Gasteiger charge is 2.37. The molecule has 1 fully saturated rings. The summed E-state index contributed by atoms with van der Waals surface area (Å²) < 4.78 is 13.0. The van der Waals surface area contributed by atoms with Crippen LogP contribution in [-0.2, 0) is 9.59 Å². The molecule has 0 saturated carbocycles. The van der Waals surface area contributed by atoms with E-state index in [0.29, 0.717) is 5.56 Å². The van der Waals surface area contributed by atoms with E-state index in [2.05, 4.69) is 0 Å². The number of thioether (sulfide) groups is 1. The van der Waals surface area contributed by atoms with Crippen molar-refractivity contribution in [2.45, 2.75) is 39.8 Å². The number of rotatable bonds is 5. The molecule has 0 bridgehead atoms. The molecule has 1 aromatic carbocycles. The van der Waals surface area contributed by atoms with Crippen LogP contribution in [0.25, 0.3) is 6.08 Å². The van der Waals surface area contributed by atoms with Crippen LogP contribution in [0.2, 0.25) is 0 Å². The Balaban J connectivity index is 2.15. The van der Waals surface area contributed by atoms with E-state index in [1.54, 1.807) is 4.90 Å². The SMILES string of the molecule is CC(C)N(C(=O)CN1C(=O)S/C(=C\c2ccc(F)cc2)C1=O)C(C)C. The molecule has 0 atom stereocenters. The van der Waals surface area contributed by atoms with Crippen LogP contribution in [0.5, 0.6) is 0 Å². The van der Waals surface area contributed by atoms with Crippen LogP contribution in [-0.4, -0.2) is 45.5 Å². The molecular formula is C18H21FN2O3S. The first kappa shape index (κ1) is 19.2. The number of hydrogen-bond acceptors (Lipinski definition) is 4. The Morgan fingerprint density at radius 1 is 1.16 bits per heavy atom.